The average molecular weight is 186 g/mol. The molecule has 1 radical (unpaired) electrons. The first-order chi connectivity index (χ1) is 5.24. The van der Waals surface area contributed by atoms with Crippen molar-refractivity contribution in [3.8, 4) is 0 Å². The van der Waals surface area contributed by atoms with E-state index in [2.05, 4.69) is 12.6 Å². The van der Waals surface area contributed by atoms with Gasteiger partial charge in [-0.15, -0.1) is 0 Å². The van der Waals surface area contributed by atoms with Crippen LogP contribution < -0.4 is 0 Å². The van der Waals surface area contributed by atoms with Crippen LogP contribution in [0.3, 0.4) is 0 Å². The van der Waals surface area contributed by atoms with Gasteiger partial charge in [-0.25, -0.2) is 0 Å². The van der Waals surface area contributed by atoms with Gasteiger partial charge in [0.15, 0.2) is 0 Å². The van der Waals surface area contributed by atoms with Crippen molar-refractivity contribution in [2.75, 3.05) is 0 Å². The van der Waals surface area contributed by atoms with Gasteiger partial charge in [-0.1, -0.05) is 23.7 Å². The fraction of sp³-hybridized carbons (Fsp3) is 0.125. The summed E-state index contributed by atoms with van der Waals surface area (Å²) in [6, 6.07) is 6.95. The summed E-state index contributed by atoms with van der Waals surface area (Å²) in [6.45, 7) is 0. The molecule has 1 aromatic carbocycles. The molecule has 0 aliphatic heterocycles. The molecule has 11 heavy (non-hydrogen) atoms. The van der Waals surface area contributed by atoms with Crippen LogP contribution in [-0.2, 0) is 4.79 Å². The van der Waals surface area contributed by atoms with E-state index in [0.717, 1.165) is 5.56 Å². The number of carbonyl (C=O) groups excluding carboxylic acids is 1. The lowest BCUT2D eigenvalue weighted by Gasteiger charge is -2.00. The molecule has 1 rings (SSSR count). The van der Waals surface area contributed by atoms with Crippen molar-refractivity contribution in [3.63, 3.8) is 0 Å². The summed E-state index contributed by atoms with van der Waals surface area (Å²) >= 11 is 9.62. The highest BCUT2D eigenvalue weighted by atomic mass is 35.5. The molecule has 1 unspecified atom stereocenters. The lowest BCUT2D eigenvalue weighted by Crippen LogP contribution is -1.89. The van der Waals surface area contributed by atoms with Crippen LogP contribution in [0.15, 0.2) is 24.3 Å². The molecule has 0 heterocycles. The van der Waals surface area contributed by atoms with Gasteiger partial charge in [0.2, 0.25) is 6.29 Å². The van der Waals surface area contributed by atoms with Crippen molar-refractivity contribution in [2.45, 2.75) is 5.25 Å². The molecule has 0 saturated heterocycles. The molecule has 57 valence electrons. The van der Waals surface area contributed by atoms with Crippen LogP contribution in [0.25, 0.3) is 0 Å². The number of benzene rings is 1. The van der Waals surface area contributed by atoms with Crippen LogP contribution in [-0.4, -0.2) is 6.29 Å². The second-order valence-corrected chi connectivity index (χ2v) is 3.02. The number of thiol groups is 1. The molecule has 0 amide bonds. The summed E-state index contributed by atoms with van der Waals surface area (Å²) in [5.74, 6) is 0. The SMILES string of the molecule is O=[C]C(S)c1ccc(Cl)cc1. The normalized spacial score (nSPS) is 12.5. The fourth-order valence-corrected chi connectivity index (χ4v) is 1.01. The van der Waals surface area contributed by atoms with Gasteiger partial charge in [0.25, 0.3) is 0 Å². The molecule has 1 aromatic rings. The van der Waals surface area contributed by atoms with Crippen molar-refractivity contribution in [2.24, 2.45) is 0 Å². The summed E-state index contributed by atoms with van der Waals surface area (Å²) in [6.07, 6.45) is 1.77. The highest BCUT2D eigenvalue weighted by Gasteiger charge is 2.03. The standard InChI is InChI=1S/C8H6ClOS/c9-7-3-1-6(2-4-7)8(11)5-10/h1-4,8,11H. The van der Waals surface area contributed by atoms with Crippen LogP contribution in [0.1, 0.15) is 10.8 Å². The monoisotopic (exact) mass is 185 g/mol. The number of halogens is 1. The van der Waals surface area contributed by atoms with Gasteiger partial charge >= 0.3 is 0 Å². The molecule has 0 N–H and O–H groups in total. The Labute approximate surface area is 75.8 Å². The fourth-order valence-electron chi connectivity index (χ4n) is 0.713. The maximum absolute atomic E-state index is 10.2. The Hall–Kier alpha value is -0.470. The van der Waals surface area contributed by atoms with Crippen LogP contribution >= 0.6 is 24.2 Å². The van der Waals surface area contributed by atoms with E-state index in [-0.39, 0.29) is 0 Å². The number of hydrogen-bond acceptors (Lipinski definition) is 2. The van der Waals surface area contributed by atoms with Gasteiger partial charge in [0.05, 0.1) is 5.25 Å². The summed E-state index contributed by atoms with van der Waals surface area (Å²) in [5.41, 5.74) is 0.813. The summed E-state index contributed by atoms with van der Waals surface area (Å²) in [5, 5.41) is 0.187. The molecule has 0 aliphatic carbocycles. The van der Waals surface area contributed by atoms with Crippen molar-refractivity contribution in [1.82, 2.24) is 0 Å². The quantitative estimate of drug-likeness (QED) is 0.701. The minimum absolute atomic E-state index is 0.465. The highest BCUT2D eigenvalue weighted by Crippen LogP contribution is 2.19. The summed E-state index contributed by atoms with van der Waals surface area (Å²) in [7, 11) is 0. The second-order valence-electron chi connectivity index (χ2n) is 2.07. The van der Waals surface area contributed by atoms with E-state index >= 15 is 0 Å². The third kappa shape index (κ3) is 2.24. The van der Waals surface area contributed by atoms with Crippen LogP contribution in [0.2, 0.25) is 5.02 Å². The third-order valence-electron chi connectivity index (χ3n) is 1.30. The van der Waals surface area contributed by atoms with E-state index in [1.807, 2.05) is 0 Å². The topological polar surface area (TPSA) is 17.1 Å². The van der Waals surface area contributed by atoms with Crippen molar-refractivity contribution in [3.05, 3.63) is 34.9 Å². The van der Waals surface area contributed by atoms with E-state index in [1.54, 1.807) is 30.6 Å². The first kappa shape index (κ1) is 8.62. The van der Waals surface area contributed by atoms with E-state index in [9.17, 15) is 4.79 Å². The van der Waals surface area contributed by atoms with Gasteiger partial charge in [0.1, 0.15) is 0 Å². The predicted octanol–water partition coefficient (Wildman–Crippen LogP) is 2.42. The van der Waals surface area contributed by atoms with Crippen molar-refractivity contribution in [1.29, 1.82) is 0 Å². The van der Waals surface area contributed by atoms with Gasteiger partial charge in [-0.3, -0.25) is 4.79 Å². The largest absolute Gasteiger partial charge is 0.289 e. The lowest BCUT2D eigenvalue weighted by atomic mass is 10.2. The molecule has 0 bridgehead atoms. The molecule has 1 atom stereocenters. The molecule has 0 aromatic heterocycles. The van der Waals surface area contributed by atoms with Crippen molar-refractivity contribution >= 4 is 30.5 Å². The third-order valence-corrected chi connectivity index (χ3v) is 1.95. The van der Waals surface area contributed by atoms with E-state index in [0.29, 0.717) is 5.02 Å². The molecule has 1 nitrogen and oxygen atoms in total. The van der Waals surface area contributed by atoms with Crippen LogP contribution in [0, 0.1) is 0 Å². The van der Waals surface area contributed by atoms with Gasteiger partial charge in [0, 0.05) is 5.02 Å². The first-order valence-corrected chi connectivity index (χ1v) is 3.94. The Morgan fingerprint density at radius 3 is 2.36 bits per heavy atom. The van der Waals surface area contributed by atoms with Gasteiger partial charge in [-0.2, -0.15) is 12.6 Å². The Bertz CT molecular complexity index is 245. The molecule has 0 saturated carbocycles. The number of rotatable bonds is 2. The Morgan fingerprint density at radius 2 is 1.91 bits per heavy atom. The predicted molar refractivity (Wildman–Crippen MR) is 48.9 cm³/mol. The second kappa shape index (κ2) is 3.79. The highest BCUT2D eigenvalue weighted by molar-refractivity contribution is 7.81. The van der Waals surface area contributed by atoms with E-state index in [1.165, 1.54) is 0 Å². The van der Waals surface area contributed by atoms with E-state index in [4.69, 9.17) is 11.6 Å². The zero-order valence-electron chi connectivity index (χ0n) is 5.62. The molecule has 3 heteroatoms. The van der Waals surface area contributed by atoms with Gasteiger partial charge in [-0.05, 0) is 17.7 Å². The van der Waals surface area contributed by atoms with Crippen LogP contribution in [0.4, 0.5) is 0 Å². The minimum atomic E-state index is -0.465. The maximum atomic E-state index is 10.2. The summed E-state index contributed by atoms with van der Waals surface area (Å²) < 4.78 is 0. The zero-order chi connectivity index (χ0) is 8.27. The first-order valence-electron chi connectivity index (χ1n) is 3.05. The maximum Gasteiger partial charge on any atom is 0.216 e. The minimum Gasteiger partial charge on any atom is -0.289 e. The average Bonchev–Trinajstić information content (AvgIpc) is 2.05. The Morgan fingerprint density at radius 1 is 1.36 bits per heavy atom. The smallest absolute Gasteiger partial charge is 0.216 e. The zero-order valence-corrected chi connectivity index (χ0v) is 7.27. The Kier molecular flexibility index (Phi) is 2.97. The molecule has 0 spiro atoms. The molecule has 0 aliphatic rings. The van der Waals surface area contributed by atoms with Gasteiger partial charge < -0.3 is 0 Å². The lowest BCUT2D eigenvalue weighted by molar-refractivity contribution is 0.554. The van der Waals surface area contributed by atoms with Crippen LogP contribution in [0.5, 0.6) is 0 Å². The molecular formula is C8H6ClOS. The molecular weight excluding hydrogens is 180 g/mol. The Balaban J connectivity index is 2.89. The molecule has 0 fully saturated rings. The van der Waals surface area contributed by atoms with E-state index < -0.39 is 5.25 Å². The van der Waals surface area contributed by atoms with Crippen molar-refractivity contribution < 1.29 is 4.79 Å². The summed E-state index contributed by atoms with van der Waals surface area (Å²) in [4.78, 5) is 10.2. The number of hydrogen-bond donors (Lipinski definition) is 1.